The molecule has 0 radical (unpaired) electrons. The molecule has 2 aromatic rings. The van der Waals surface area contributed by atoms with Gasteiger partial charge in [-0.15, -0.1) is 23.2 Å². The number of methoxy groups -OCH3 is 2. The van der Waals surface area contributed by atoms with E-state index in [0.29, 0.717) is 0 Å². The number of likely N-dealkylation sites (tertiary alicyclic amines) is 1. The molecule has 2 aliphatic carbocycles. The topological polar surface area (TPSA) is 113 Å². The zero-order valence-corrected chi connectivity index (χ0v) is 27.4. The lowest BCUT2D eigenvalue weighted by Gasteiger charge is -2.51. The maximum atomic E-state index is 15.2. The van der Waals surface area contributed by atoms with Gasteiger partial charge in [0.15, 0.2) is 33.0 Å². The van der Waals surface area contributed by atoms with Crippen molar-refractivity contribution in [3.8, 4) is 17.2 Å². The Bertz CT molecular complexity index is 1850. The quantitative estimate of drug-likeness (QED) is 0.112. The summed E-state index contributed by atoms with van der Waals surface area (Å²) >= 11 is 14.2. The van der Waals surface area contributed by atoms with Gasteiger partial charge < -0.3 is 14.6 Å². The highest BCUT2D eigenvalue weighted by molar-refractivity contribution is 6.58. The SMILES string of the molecule is COc1cc(O)c(C2C3=CCC4C(=O)N(C(C)(C)C)C(=O)C4C3CC3(Cl)C(=O)N(c4c(F)c(F)c(F)c(F)c4F)C(=O)C23Cl)c(OC)c1. The summed E-state index contributed by atoms with van der Waals surface area (Å²) in [6.45, 7) is 4.94. The number of hydrogen-bond donors (Lipinski definition) is 1. The lowest BCUT2D eigenvalue weighted by atomic mass is 9.56. The monoisotopic (exact) mass is 716 g/mol. The van der Waals surface area contributed by atoms with Gasteiger partial charge in [-0.2, -0.15) is 0 Å². The number of carbonyl (C=O) groups is 4. The van der Waals surface area contributed by atoms with Crippen molar-refractivity contribution >= 4 is 52.5 Å². The van der Waals surface area contributed by atoms with Crippen LogP contribution in [0.25, 0.3) is 0 Å². The molecule has 0 bridgehead atoms. The molecular formula is C32H27Cl2F5N2O7. The molecule has 256 valence electrons. The van der Waals surface area contributed by atoms with E-state index in [4.69, 9.17) is 32.7 Å². The second-order valence-electron chi connectivity index (χ2n) is 13.1. The molecule has 9 nitrogen and oxygen atoms in total. The maximum Gasteiger partial charge on any atom is 0.258 e. The van der Waals surface area contributed by atoms with Crippen LogP contribution >= 0.6 is 23.2 Å². The number of rotatable bonds is 4. The number of fused-ring (bicyclic) bond motifs is 4. The minimum absolute atomic E-state index is 0.0465. The van der Waals surface area contributed by atoms with E-state index in [-0.39, 0.29) is 34.0 Å². The molecule has 4 amide bonds. The van der Waals surface area contributed by atoms with E-state index in [1.54, 1.807) is 20.8 Å². The van der Waals surface area contributed by atoms with Crippen LogP contribution in [-0.4, -0.2) is 63.1 Å². The van der Waals surface area contributed by atoms with Crippen LogP contribution in [0.15, 0.2) is 23.8 Å². The molecule has 0 spiro atoms. The number of allylic oxidation sites excluding steroid dienone is 2. The van der Waals surface area contributed by atoms with Crippen LogP contribution in [0.5, 0.6) is 17.2 Å². The van der Waals surface area contributed by atoms with Crippen LogP contribution < -0.4 is 14.4 Å². The Labute approximate surface area is 280 Å². The van der Waals surface area contributed by atoms with Crippen molar-refractivity contribution in [3.63, 3.8) is 0 Å². The first-order chi connectivity index (χ1) is 22.3. The van der Waals surface area contributed by atoms with Crippen LogP contribution in [0.3, 0.4) is 0 Å². The molecule has 0 aromatic heterocycles. The highest BCUT2D eigenvalue weighted by Gasteiger charge is 2.77. The van der Waals surface area contributed by atoms with Crippen LogP contribution in [-0.2, 0) is 19.2 Å². The zero-order valence-electron chi connectivity index (χ0n) is 25.9. The number of aromatic hydroxyl groups is 1. The molecule has 2 aromatic carbocycles. The fourth-order valence-corrected chi connectivity index (χ4v) is 8.63. The molecule has 2 heterocycles. The minimum atomic E-state index is -2.82. The average molecular weight is 717 g/mol. The third-order valence-electron chi connectivity index (χ3n) is 9.73. The predicted molar refractivity (Wildman–Crippen MR) is 159 cm³/mol. The summed E-state index contributed by atoms with van der Waals surface area (Å²) in [7, 11) is 2.48. The summed E-state index contributed by atoms with van der Waals surface area (Å²) in [5.74, 6) is -22.4. The van der Waals surface area contributed by atoms with E-state index >= 15 is 8.78 Å². The fourth-order valence-electron chi connectivity index (χ4n) is 7.71. The molecule has 6 rings (SSSR count). The van der Waals surface area contributed by atoms with Crippen LogP contribution in [0.4, 0.5) is 27.6 Å². The van der Waals surface area contributed by atoms with E-state index in [2.05, 4.69) is 0 Å². The van der Waals surface area contributed by atoms with Crippen molar-refractivity contribution in [1.82, 2.24) is 4.90 Å². The van der Waals surface area contributed by atoms with Gasteiger partial charge in [-0.25, -0.2) is 26.9 Å². The average Bonchev–Trinajstić information content (AvgIpc) is 3.37. The summed E-state index contributed by atoms with van der Waals surface area (Å²) in [4.78, 5) is 51.5. The van der Waals surface area contributed by atoms with E-state index in [9.17, 15) is 37.5 Å². The molecule has 6 atom stereocenters. The van der Waals surface area contributed by atoms with E-state index in [1.165, 1.54) is 26.4 Å². The largest absolute Gasteiger partial charge is 0.507 e. The van der Waals surface area contributed by atoms with Crippen molar-refractivity contribution in [3.05, 3.63) is 58.4 Å². The molecule has 1 saturated carbocycles. The van der Waals surface area contributed by atoms with Crippen LogP contribution in [0.1, 0.15) is 45.1 Å². The first-order valence-corrected chi connectivity index (χ1v) is 15.4. The Morgan fingerprint density at radius 2 is 1.44 bits per heavy atom. The number of halogens is 7. The van der Waals surface area contributed by atoms with Gasteiger partial charge >= 0.3 is 0 Å². The van der Waals surface area contributed by atoms with Gasteiger partial charge in [0.2, 0.25) is 17.6 Å². The summed E-state index contributed by atoms with van der Waals surface area (Å²) in [5.41, 5.74) is -2.95. The van der Waals surface area contributed by atoms with E-state index in [0.717, 1.165) is 11.0 Å². The number of phenols is 1. The minimum Gasteiger partial charge on any atom is -0.507 e. The van der Waals surface area contributed by atoms with Gasteiger partial charge in [0.25, 0.3) is 11.8 Å². The Balaban J connectivity index is 1.65. The lowest BCUT2D eigenvalue weighted by molar-refractivity contribution is -0.145. The summed E-state index contributed by atoms with van der Waals surface area (Å²) < 4.78 is 84.0. The second kappa shape index (κ2) is 10.8. The number of nitrogens with zero attached hydrogens (tertiary/aromatic N) is 2. The molecule has 16 heteroatoms. The number of carbonyl (C=O) groups excluding carboxylic acids is 4. The lowest BCUT2D eigenvalue weighted by Crippen LogP contribution is -2.60. The van der Waals surface area contributed by atoms with Gasteiger partial charge in [0.1, 0.15) is 22.9 Å². The smallest absolute Gasteiger partial charge is 0.258 e. The highest BCUT2D eigenvalue weighted by Crippen LogP contribution is 2.67. The van der Waals surface area contributed by atoms with Crippen molar-refractivity contribution in [2.75, 3.05) is 19.1 Å². The Morgan fingerprint density at radius 3 is 1.98 bits per heavy atom. The number of imide groups is 2. The first kappa shape index (κ1) is 34.0. The van der Waals surface area contributed by atoms with Crippen molar-refractivity contribution in [1.29, 1.82) is 0 Å². The van der Waals surface area contributed by atoms with E-state index < -0.39 is 110 Å². The first-order valence-electron chi connectivity index (χ1n) is 14.6. The third kappa shape index (κ3) is 4.14. The Kier molecular flexibility index (Phi) is 7.64. The fraction of sp³-hybridized carbons (Fsp3) is 0.438. The molecule has 2 aliphatic heterocycles. The molecule has 2 saturated heterocycles. The molecule has 6 unspecified atom stereocenters. The number of phenolic OH excluding ortho intramolecular Hbond substituents is 1. The number of anilines is 1. The maximum absolute atomic E-state index is 15.2. The van der Waals surface area contributed by atoms with Gasteiger partial charge in [0, 0.05) is 29.2 Å². The molecular weight excluding hydrogens is 690 g/mol. The number of amides is 4. The number of benzene rings is 2. The molecule has 4 aliphatic rings. The Hall–Kier alpha value is -3.91. The molecule has 1 N–H and O–H groups in total. The van der Waals surface area contributed by atoms with E-state index in [1.807, 2.05) is 0 Å². The second-order valence-corrected chi connectivity index (χ2v) is 14.4. The number of hydrogen-bond acceptors (Lipinski definition) is 7. The van der Waals surface area contributed by atoms with Gasteiger partial charge in [-0.05, 0) is 39.5 Å². The van der Waals surface area contributed by atoms with Gasteiger partial charge in [-0.3, -0.25) is 24.1 Å². The van der Waals surface area contributed by atoms with Gasteiger partial charge in [-0.1, -0.05) is 11.6 Å². The Morgan fingerprint density at radius 1 is 0.854 bits per heavy atom. The van der Waals surface area contributed by atoms with Crippen molar-refractivity contribution in [2.45, 2.75) is 54.8 Å². The molecule has 48 heavy (non-hydrogen) atoms. The van der Waals surface area contributed by atoms with Gasteiger partial charge in [0.05, 0.1) is 26.1 Å². The van der Waals surface area contributed by atoms with Crippen molar-refractivity contribution in [2.24, 2.45) is 17.8 Å². The highest BCUT2D eigenvalue weighted by atomic mass is 35.5. The van der Waals surface area contributed by atoms with Crippen LogP contribution in [0.2, 0.25) is 0 Å². The standard InChI is InChI=1S/C32H27Cl2F5N2O7/c1-30(2,3)41-26(43)13-7-6-12-14(17(13)27(41)44)10-31(33)28(45)40(25-23(38)21(36)20(35)22(37)24(25)39)29(46)32(31,34)19(12)18-15(42)8-11(47-4)9-16(18)48-5/h6,8-9,13-14,17,19,42H,7,10H2,1-5H3. The predicted octanol–water partition coefficient (Wildman–Crippen LogP) is 5.47. The third-order valence-corrected chi connectivity index (χ3v) is 11.1. The number of alkyl halides is 2. The zero-order chi connectivity index (χ0) is 35.6. The van der Waals surface area contributed by atoms with Crippen LogP contribution in [0, 0.1) is 46.8 Å². The summed E-state index contributed by atoms with van der Waals surface area (Å²) in [6, 6.07) is 2.42. The normalized spacial score (nSPS) is 30.0. The summed E-state index contributed by atoms with van der Waals surface area (Å²) in [5, 5.41) is 11.4. The summed E-state index contributed by atoms with van der Waals surface area (Å²) in [6.07, 6.45) is 0.805. The molecule has 3 fully saturated rings. The number of ether oxygens (including phenoxy) is 2. The van der Waals surface area contributed by atoms with Crippen molar-refractivity contribution < 1.29 is 55.7 Å².